The first-order valence-electron chi connectivity index (χ1n) is 6.62. The van der Waals surface area contributed by atoms with Crippen molar-refractivity contribution in [3.05, 3.63) is 64.9 Å². The fourth-order valence-corrected chi connectivity index (χ4v) is 2.10. The Bertz CT molecular complexity index is 619. The van der Waals surface area contributed by atoms with Crippen molar-refractivity contribution in [1.82, 2.24) is 0 Å². The normalized spacial score (nSPS) is 12.0. The van der Waals surface area contributed by atoms with Gasteiger partial charge in [-0.1, -0.05) is 48.0 Å². The molecule has 3 nitrogen and oxygen atoms in total. The van der Waals surface area contributed by atoms with Crippen molar-refractivity contribution in [1.29, 1.82) is 0 Å². The summed E-state index contributed by atoms with van der Waals surface area (Å²) < 4.78 is 13.7. The van der Waals surface area contributed by atoms with Gasteiger partial charge in [0.15, 0.2) is 5.82 Å². The molecule has 2 aromatic carbocycles. The number of carbonyl (C=O) groups excluding carboxylic acids is 1. The number of hydrogen-bond acceptors (Lipinski definition) is 2. The smallest absolute Gasteiger partial charge is 0.241 e. The van der Waals surface area contributed by atoms with Crippen LogP contribution in [-0.2, 0) is 11.2 Å². The van der Waals surface area contributed by atoms with Crippen LogP contribution in [0.15, 0.2) is 48.5 Å². The highest BCUT2D eigenvalue weighted by atomic mass is 35.5. The van der Waals surface area contributed by atoms with Crippen LogP contribution in [0.3, 0.4) is 0 Å². The Hall–Kier alpha value is -1.91. The summed E-state index contributed by atoms with van der Waals surface area (Å²) in [6.07, 6.45) is 1.17. The van der Waals surface area contributed by atoms with Crippen molar-refractivity contribution >= 4 is 23.2 Å². The van der Waals surface area contributed by atoms with Crippen molar-refractivity contribution in [2.45, 2.75) is 18.9 Å². The lowest BCUT2D eigenvalue weighted by atomic mass is 10.1. The average Bonchev–Trinajstić information content (AvgIpc) is 2.50. The molecular weight excluding hydrogens is 291 g/mol. The van der Waals surface area contributed by atoms with Crippen LogP contribution in [-0.4, -0.2) is 11.9 Å². The van der Waals surface area contributed by atoms with E-state index in [2.05, 4.69) is 5.32 Å². The molecule has 1 atom stereocenters. The van der Waals surface area contributed by atoms with E-state index in [1.807, 2.05) is 30.3 Å². The van der Waals surface area contributed by atoms with Gasteiger partial charge < -0.3 is 11.1 Å². The lowest BCUT2D eigenvalue weighted by Crippen LogP contribution is -2.36. The summed E-state index contributed by atoms with van der Waals surface area (Å²) in [5, 5.41) is 2.43. The summed E-state index contributed by atoms with van der Waals surface area (Å²) >= 11 is 5.66. The van der Waals surface area contributed by atoms with E-state index in [1.54, 1.807) is 6.07 Å². The van der Waals surface area contributed by atoms with Gasteiger partial charge in [-0.2, -0.15) is 0 Å². The van der Waals surface area contributed by atoms with Gasteiger partial charge in [0.2, 0.25) is 5.91 Å². The third kappa shape index (κ3) is 4.28. The van der Waals surface area contributed by atoms with Gasteiger partial charge in [-0.05, 0) is 30.5 Å². The number of halogens is 2. The Labute approximate surface area is 127 Å². The molecule has 21 heavy (non-hydrogen) atoms. The first-order valence-corrected chi connectivity index (χ1v) is 7.00. The second kappa shape index (κ2) is 7.20. The third-order valence-electron chi connectivity index (χ3n) is 3.13. The van der Waals surface area contributed by atoms with Crippen molar-refractivity contribution < 1.29 is 9.18 Å². The molecule has 0 aliphatic rings. The van der Waals surface area contributed by atoms with E-state index < -0.39 is 17.8 Å². The maximum Gasteiger partial charge on any atom is 0.241 e. The number of nitrogens with two attached hydrogens (primary N) is 1. The van der Waals surface area contributed by atoms with Crippen LogP contribution in [0.2, 0.25) is 5.02 Å². The average molecular weight is 307 g/mol. The van der Waals surface area contributed by atoms with Crippen LogP contribution in [0.5, 0.6) is 0 Å². The van der Waals surface area contributed by atoms with Crippen LogP contribution in [0.1, 0.15) is 12.0 Å². The summed E-state index contributed by atoms with van der Waals surface area (Å²) in [6, 6.07) is 13.5. The molecule has 0 saturated heterocycles. The minimum absolute atomic E-state index is 0.0364. The van der Waals surface area contributed by atoms with E-state index in [0.717, 1.165) is 5.56 Å². The van der Waals surface area contributed by atoms with E-state index in [4.69, 9.17) is 17.3 Å². The molecule has 0 saturated carbocycles. The highest BCUT2D eigenvalue weighted by molar-refractivity contribution is 6.31. The lowest BCUT2D eigenvalue weighted by Gasteiger charge is -2.13. The Morgan fingerprint density at radius 2 is 1.90 bits per heavy atom. The van der Waals surface area contributed by atoms with E-state index in [9.17, 15) is 9.18 Å². The molecule has 0 aliphatic carbocycles. The molecule has 2 rings (SSSR count). The molecule has 0 bridgehead atoms. The zero-order valence-electron chi connectivity index (χ0n) is 11.4. The van der Waals surface area contributed by atoms with Gasteiger partial charge >= 0.3 is 0 Å². The van der Waals surface area contributed by atoms with E-state index >= 15 is 0 Å². The summed E-state index contributed by atoms with van der Waals surface area (Å²) in [5.41, 5.74) is 6.98. The largest absolute Gasteiger partial charge is 0.322 e. The van der Waals surface area contributed by atoms with Crippen LogP contribution < -0.4 is 11.1 Å². The molecule has 1 unspecified atom stereocenters. The standard InChI is InChI=1S/C16H16ClFN2O/c17-12-7-4-8-14(15(12)18)20-16(21)13(19)10-9-11-5-2-1-3-6-11/h1-8,13H,9-10,19H2,(H,20,21). The molecule has 0 spiro atoms. The fourth-order valence-electron chi connectivity index (χ4n) is 1.92. The molecule has 0 heterocycles. The second-order valence-electron chi connectivity index (χ2n) is 4.72. The molecule has 0 radical (unpaired) electrons. The third-order valence-corrected chi connectivity index (χ3v) is 3.42. The van der Waals surface area contributed by atoms with E-state index in [-0.39, 0.29) is 10.7 Å². The van der Waals surface area contributed by atoms with Crippen molar-refractivity contribution in [2.75, 3.05) is 5.32 Å². The Morgan fingerprint density at radius 3 is 2.62 bits per heavy atom. The first kappa shape index (κ1) is 15.5. The number of amides is 1. The number of nitrogens with one attached hydrogen (secondary N) is 1. The number of benzene rings is 2. The summed E-state index contributed by atoms with van der Waals surface area (Å²) in [4.78, 5) is 12.0. The molecule has 0 aliphatic heterocycles. The molecule has 0 aromatic heterocycles. The van der Waals surface area contributed by atoms with Gasteiger partial charge in [0.1, 0.15) is 0 Å². The van der Waals surface area contributed by atoms with Gasteiger partial charge in [0, 0.05) is 0 Å². The van der Waals surface area contributed by atoms with E-state index in [1.165, 1.54) is 12.1 Å². The number of rotatable bonds is 5. The predicted octanol–water partition coefficient (Wildman–Crippen LogP) is 3.38. The summed E-state index contributed by atoms with van der Waals surface area (Å²) in [6.45, 7) is 0. The van der Waals surface area contributed by atoms with Crippen molar-refractivity contribution in [3.8, 4) is 0 Å². The topological polar surface area (TPSA) is 55.1 Å². The number of anilines is 1. The predicted molar refractivity (Wildman–Crippen MR) is 82.8 cm³/mol. The van der Waals surface area contributed by atoms with E-state index in [0.29, 0.717) is 12.8 Å². The highest BCUT2D eigenvalue weighted by Crippen LogP contribution is 2.22. The summed E-state index contributed by atoms with van der Waals surface area (Å²) in [5.74, 6) is -1.07. The lowest BCUT2D eigenvalue weighted by molar-refractivity contribution is -0.117. The van der Waals surface area contributed by atoms with Crippen molar-refractivity contribution in [2.24, 2.45) is 5.73 Å². The minimum Gasteiger partial charge on any atom is -0.322 e. The zero-order valence-corrected chi connectivity index (χ0v) is 12.1. The van der Waals surface area contributed by atoms with Crippen LogP contribution >= 0.6 is 11.6 Å². The quantitative estimate of drug-likeness (QED) is 0.890. The fraction of sp³-hybridized carbons (Fsp3) is 0.188. The monoisotopic (exact) mass is 306 g/mol. The van der Waals surface area contributed by atoms with Gasteiger partial charge in [-0.15, -0.1) is 0 Å². The Kier molecular flexibility index (Phi) is 5.31. The van der Waals surface area contributed by atoms with Gasteiger partial charge in [0.25, 0.3) is 0 Å². The molecule has 3 N–H and O–H groups in total. The molecule has 2 aromatic rings. The maximum atomic E-state index is 13.7. The van der Waals surface area contributed by atoms with Crippen LogP contribution in [0, 0.1) is 5.82 Å². The second-order valence-corrected chi connectivity index (χ2v) is 5.13. The molecular formula is C16H16ClFN2O. The molecule has 5 heteroatoms. The van der Waals surface area contributed by atoms with Gasteiger partial charge in [-0.25, -0.2) is 4.39 Å². The van der Waals surface area contributed by atoms with Crippen molar-refractivity contribution in [3.63, 3.8) is 0 Å². The Morgan fingerprint density at radius 1 is 1.19 bits per heavy atom. The highest BCUT2D eigenvalue weighted by Gasteiger charge is 2.16. The number of carbonyl (C=O) groups is 1. The van der Waals surface area contributed by atoms with Crippen LogP contribution in [0.25, 0.3) is 0 Å². The van der Waals surface area contributed by atoms with Gasteiger partial charge in [0.05, 0.1) is 16.8 Å². The Balaban J connectivity index is 1.92. The summed E-state index contributed by atoms with van der Waals surface area (Å²) in [7, 11) is 0. The minimum atomic E-state index is -0.705. The molecule has 1 amide bonds. The molecule has 0 fully saturated rings. The number of hydrogen-bond donors (Lipinski definition) is 2. The SMILES string of the molecule is NC(CCc1ccccc1)C(=O)Nc1cccc(Cl)c1F. The number of aryl methyl sites for hydroxylation is 1. The zero-order chi connectivity index (χ0) is 15.2. The van der Waals surface area contributed by atoms with Crippen LogP contribution in [0.4, 0.5) is 10.1 Å². The maximum absolute atomic E-state index is 13.7. The first-order chi connectivity index (χ1) is 10.1. The van der Waals surface area contributed by atoms with Gasteiger partial charge in [-0.3, -0.25) is 4.79 Å². The molecule has 110 valence electrons.